The van der Waals surface area contributed by atoms with Gasteiger partial charge in [0.1, 0.15) is 5.76 Å². The molecule has 0 spiro atoms. The Balaban J connectivity index is 1.83. The van der Waals surface area contributed by atoms with Crippen LogP contribution in [0.3, 0.4) is 0 Å². The van der Waals surface area contributed by atoms with Crippen molar-refractivity contribution >= 4 is 21.6 Å². The lowest BCUT2D eigenvalue weighted by atomic mass is 10.0. The highest BCUT2D eigenvalue weighted by Crippen LogP contribution is 2.28. The van der Waals surface area contributed by atoms with Crippen LogP contribution in [-0.4, -0.2) is 0 Å². The van der Waals surface area contributed by atoms with Crippen molar-refractivity contribution in [3.05, 3.63) is 77.2 Å². The number of furan rings is 1. The third-order valence-electron chi connectivity index (χ3n) is 3.09. The van der Waals surface area contributed by atoms with Crippen LogP contribution in [0.4, 0.5) is 5.69 Å². The van der Waals surface area contributed by atoms with Gasteiger partial charge in [-0.2, -0.15) is 0 Å². The number of halogens is 1. The fraction of sp³-hybridized carbons (Fsp3) is 0.0588. The Morgan fingerprint density at radius 1 is 0.850 bits per heavy atom. The van der Waals surface area contributed by atoms with Gasteiger partial charge in [0.05, 0.1) is 6.54 Å². The molecule has 0 aliphatic rings. The average molecular weight is 328 g/mol. The highest BCUT2D eigenvalue weighted by atomic mass is 79.9. The maximum absolute atomic E-state index is 5.50. The third kappa shape index (κ3) is 2.94. The molecule has 0 saturated heterocycles. The predicted molar refractivity (Wildman–Crippen MR) is 85.6 cm³/mol. The van der Waals surface area contributed by atoms with E-state index >= 15 is 0 Å². The summed E-state index contributed by atoms with van der Waals surface area (Å²) in [5.41, 5.74) is 3.50. The predicted octanol–water partition coefficient (Wildman–Crippen LogP) is 5.32. The molecule has 20 heavy (non-hydrogen) atoms. The summed E-state index contributed by atoms with van der Waals surface area (Å²) in [6.07, 6.45) is 0. The van der Waals surface area contributed by atoms with E-state index in [-0.39, 0.29) is 0 Å². The fourth-order valence-electron chi connectivity index (χ4n) is 2.14. The van der Waals surface area contributed by atoms with Gasteiger partial charge in [-0.3, -0.25) is 0 Å². The van der Waals surface area contributed by atoms with Crippen LogP contribution in [0.25, 0.3) is 11.1 Å². The average Bonchev–Trinajstić information content (AvgIpc) is 2.92. The summed E-state index contributed by atoms with van der Waals surface area (Å²) in [5.74, 6) is 0.903. The third-order valence-corrected chi connectivity index (χ3v) is 3.52. The maximum Gasteiger partial charge on any atom is 0.169 e. The van der Waals surface area contributed by atoms with Crippen molar-refractivity contribution in [2.45, 2.75) is 6.54 Å². The van der Waals surface area contributed by atoms with Gasteiger partial charge in [0.15, 0.2) is 4.67 Å². The molecule has 0 bridgehead atoms. The highest BCUT2D eigenvalue weighted by Gasteiger charge is 2.05. The van der Waals surface area contributed by atoms with E-state index in [0.29, 0.717) is 6.54 Å². The molecule has 0 aliphatic heterocycles. The molecule has 1 N–H and O–H groups in total. The number of rotatable bonds is 4. The van der Waals surface area contributed by atoms with Crippen molar-refractivity contribution in [3.8, 4) is 11.1 Å². The standard InChI is InChI=1S/C17H14BrNO/c18-17-11-10-14(20-17)12-19-16-9-5-4-8-15(16)13-6-2-1-3-7-13/h1-11,19H,12H2. The van der Waals surface area contributed by atoms with E-state index in [4.69, 9.17) is 4.42 Å². The van der Waals surface area contributed by atoms with Gasteiger partial charge in [-0.1, -0.05) is 48.5 Å². The monoisotopic (exact) mass is 327 g/mol. The van der Waals surface area contributed by atoms with Gasteiger partial charge < -0.3 is 9.73 Å². The second-order valence-corrected chi connectivity index (χ2v) is 5.25. The second-order valence-electron chi connectivity index (χ2n) is 4.47. The summed E-state index contributed by atoms with van der Waals surface area (Å²) in [5, 5.41) is 3.43. The van der Waals surface area contributed by atoms with E-state index < -0.39 is 0 Å². The molecule has 0 unspecified atom stereocenters. The first kappa shape index (κ1) is 13.0. The van der Waals surface area contributed by atoms with Gasteiger partial charge >= 0.3 is 0 Å². The summed E-state index contributed by atoms with van der Waals surface area (Å²) in [7, 11) is 0. The number of nitrogens with one attached hydrogen (secondary N) is 1. The minimum absolute atomic E-state index is 0.662. The molecule has 0 atom stereocenters. The lowest BCUT2D eigenvalue weighted by molar-refractivity contribution is 0.495. The Hall–Kier alpha value is -2.00. The first-order chi connectivity index (χ1) is 9.83. The van der Waals surface area contributed by atoms with Crippen LogP contribution in [0.1, 0.15) is 5.76 Å². The number of benzene rings is 2. The number of hydrogen-bond acceptors (Lipinski definition) is 2. The van der Waals surface area contributed by atoms with Gasteiger partial charge in [-0.05, 0) is 39.7 Å². The molecule has 2 nitrogen and oxygen atoms in total. The van der Waals surface area contributed by atoms with Crippen molar-refractivity contribution in [2.75, 3.05) is 5.32 Å². The summed E-state index contributed by atoms with van der Waals surface area (Å²) >= 11 is 3.32. The van der Waals surface area contributed by atoms with Crippen LogP contribution in [0.2, 0.25) is 0 Å². The van der Waals surface area contributed by atoms with Crippen molar-refractivity contribution in [1.29, 1.82) is 0 Å². The molecule has 0 radical (unpaired) electrons. The van der Waals surface area contributed by atoms with Crippen LogP contribution < -0.4 is 5.32 Å². The van der Waals surface area contributed by atoms with Gasteiger partial charge in [0, 0.05) is 11.3 Å². The zero-order valence-corrected chi connectivity index (χ0v) is 12.4. The molecule has 3 aromatic rings. The van der Waals surface area contributed by atoms with E-state index in [1.807, 2.05) is 24.3 Å². The normalized spacial score (nSPS) is 10.4. The van der Waals surface area contributed by atoms with Crippen LogP contribution in [0.5, 0.6) is 0 Å². The lowest BCUT2D eigenvalue weighted by Gasteiger charge is -2.11. The minimum atomic E-state index is 0.662. The molecule has 1 heterocycles. The van der Waals surface area contributed by atoms with Crippen molar-refractivity contribution in [2.24, 2.45) is 0 Å². The van der Waals surface area contributed by atoms with E-state index in [1.165, 1.54) is 11.1 Å². The molecule has 0 amide bonds. The summed E-state index contributed by atoms with van der Waals surface area (Å²) in [6, 6.07) is 22.5. The Morgan fingerprint density at radius 2 is 1.60 bits per heavy atom. The molecule has 100 valence electrons. The molecule has 0 aliphatic carbocycles. The van der Waals surface area contributed by atoms with Crippen LogP contribution in [0, 0.1) is 0 Å². The molecule has 0 fully saturated rings. The Labute approximate surface area is 126 Å². The van der Waals surface area contributed by atoms with Crippen LogP contribution in [-0.2, 0) is 6.54 Å². The quantitative estimate of drug-likeness (QED) is 0.701. The van der Waals surface area contributed by atoms with Gasteiger partial charge in [0.2, 0.25) is 0 Å². The second kappa shape index (κ2) is 5.97. The summed E-state index contributed by atoms with van der Waals surface area (Å²) in [4.78, 5) is 0. The van der Waals surface area contributed by atoms with Crippen molar-refractivity contribution in [1.82, 2.24) is 0 Å². The molecule has 0 saturated carbocycles. The molecular formula is C17H14BrNO. The SMILES string of the molecule is Brc1ccc(CNc2ccccc2-c2ccccc2)o1. The van der Waals surface area contributed by atoms with E-state index in [0.717, 1.165) is 16.1 Å². The Morgan fingerprint density at radius 3 is 2.35 bits per heavy atom. The molecular weight excluding hydrogens is 314 g/mol. The van der Waals surface area contributed by atoms with E-state index in [1.54, 1.807) is 0 Å². The van der Waals surface area contributed by atoms with Crippen LogP contribution >= 0.6 is 15.9 Å². The molecule has 3 heteroatoms. The molecule has 3 rings (SSSR count). The van der Waals surface area contributed by atoms with Crippen LogP contribution in [0.15, 0.2) is 75.8 Å². The first-order valence-corrected chi connectivity index (χ1v) is 7.25. The zero-order chi connectivity index (χ0) is 13.8. The Kier molecular flexibility index (Phi) is 3.88. The molecule has 1 aromatic heterocycles. The largest absolute Gasteiger partial charge is 0.452 e. The number of anilines is 1. The van der Waals surface area contributed by atoms with E-state index in [9.17, 15) is 0 Å². The van der Waals surface area contributed by atoms with Gasteiger partial charge in [-0.25, -0.2) is 0 Å². The Bertz CT molecular complexity index is 691. The van der Waals surface area contributed by atoms with Gasteiger partial charge in [0.25, 0.3) is 0 Å². The maximum atomic E-state index is 5.50. The van der Waals surface area contributed by atoms with Gasteiger partial charge in [-0.15, -0.1) is 0 Å². The zero-order valence-electron chi connectivity index (χ0n) is 10.8. The topological polar surface area (TPSA) is 25.2 Å². The summed E-state index contributed by atoms with van der Waals surface area (Å²) < 4.78 is 6.26. The van der Waals surface area contributed by atoms with E-state index in [2.05, 4.69) is 63.7 Å². The lowest BCUT2D eigenvalue weighted by Crippen LogP contribution is -1.99. The van der Waals surface area contributed by atoms with Crippen molar-refractivity contribution in [3.63, 3.8) is 0 Å². The smallest absolute Gasteiger partial charge is 0.169 e. The van der Waals surface area contributed by atoms with Crippen molar-refractivity contribution < 1.29 is 4.42 Å². The first-order valence-electron chi connectivity index (χ1n) is 6.45. The summed E-state index contributed by atoms with van der Waals surface area (Å²) in [6.45, 7) is 0.662. The minimum Gasteiger partial charge on any atom is -0.452 e. The molecule has 2 aromatic carbocycles. The highest BCUT2D eigenvalue weighted by molar-refractivity contribution is 9.10. The number of para-hydroxylation sites is 1. The fourth-order valence-corrected chi connectivity index (χ4v) is 2.48. The number of hydrogen-bond donors (Lipinski definition) is 1.